The molecule has 1 amide bonds. The number of carbonyl (C=O) groups is 1. The molecule has 1 aliphatic rings. The Morgan fingerprint density at radius 3 is 3.12 bits per heavy atom. The van der Waals surface area contributed by atoms with E-state index in [4.69, 9.17) is 16.3 Å². The van der Waals surface area contributed by atoms with Crippen molar-refractivity contribution in [1.29, 1.82) is 0 Å². The highest BCUT2D eigenvalue weighted by molar-refractivity contribution is 8.02. The van der Waals surface area contributed by atoms with Crippen LogP contribution in [0.25, 0.3) is 0 Å². The van der Waals surface area contributed by atoms with Gasteiger partial charge in [0.05, 0.1) is 5.37 Å². The van der Waals surface area contributed by atoms with Crippen LogP contribution in [0.1, 0.15) is 25.3 Å². The van der Waals surface area contributed by atoms with Crippen molar-refractivity contribution in [3.8, 4) is 0 Å². The molecule has 0 aromatic heterocycles. The molecule has 0 fully saturated rings. The van der Waals surface area contributed by atoms with Crippen molar-refractivity contribution in [1.82, 2.24) is 10.2 Å². The number of hydrogen-bond donors (Lipinski definition) is 1. The average molecular weight is 369 g/mol. The molecular weight excluding hydrogens is 344 g/mol. The van der Waals surface area contributed by atoms with Crippen LogP contribution in [-0.2, 0) is 16.0 Å². The van der Waals surface area contributed by atoms with Crippen LogP contribution in [0.4, 0.5) is 0 Å². The average Bonchev–Trinajstić information content (AvgIpc) is 3.02. The number of benzene rings is 1. The number of halogens is 1. The van der Waals surface area contributed by atoms with Crippen molar-refractivity contribution in [2.45, 2.75) is 31.6 Å². The van der Waals surface area contributed by atoms with Gasteiger partial charge >= 0.3 is 0 Å². The van der Waals surface area contributed by atoms with Gasteiger partial charge in [0.2, 0.25) is 5.91 Å². The fourth-order valence-electron chi connectivity index (χ4n) is 2.38. The van der Waals surface area contributed by atoms with Crippen LogP contribution in [0.5, 0.6) is 0 Å². The maximum absolute atomic E-state index is 11.8. The Morgan fingerprint density at radius 2 is 2.33 bits per heavy atom. The van der Waals surface area contributed by atoms with E-state index in [1.807, 2.05) is 18.2 Å². The summed E-state index contributed by atoms with van der Waals surface area (Å²) in [5.41, 5.74) is 1.22. The van der Waals surface area contributed by atoms with Gasteiger partial charge in [-0.2, -0.15) is 0 Å². The maximum Gasteiger partial charge on any atom is 0.246 e. The summed E-state index contributed by atoms with van der Waals surface area (Å²) in [6, 6.07) is 7.95. The van der Waals surface area contributed by atoms with Gasteiger partial charge in [-0.05, 0) is 35.9 Å². The highest BCUT2D eigenvalue weighted by Crippen LogP contribution is 2.24. The molecule has 132 valence electrons. The van der Waals surface area contributed by atoms with Crippen LogP contribution >= 0.6 is 23.4 Å². The van der Waals surface area contributed by atoms with E-state index in [9.17, 15) is 4.79 Å². The lowest BCUT2D eigenvalue weighted by Gasteiger charge is -2.25. The molecule has 0 spiro atoms. The van der Waals surface area contributed by atoms with Crippen LogP contribution in [0.2, 0.25) is 5.02 Å². The van der Waals surface area contributed by atoms with Crippen molar-refractivity contribution < 1.29 is 9.53 Å². The lowest BCUT2D eigenvalue weighted by Crippen LogP contribution is -2.39. The van der Waals surface area contributed by atoms with E-state index in [1.165, 1.54) is 5.56 Å². The Labute approximate surface area is 153 Å². The Morgan fingerprint density at radius 1 is 1.46 bits per heavy atom. The molecule has 4 nitrogen and oxygen atoms in total. The maximum atomic E-state index is 11.8. The van der Waals surface area contributed by atoms with Crippen molar-refractivity contribution >= 4 is 29.3 Å². The number of thioether (sulfide) groups is 1. The first-order valence-electron chi connectivity index (χ1n) is 8.36. The second kappa shape index (κ2) is 10.6. The Bertz CT molecular complexity index is 554. The van der Waals surface area contributed by atoms with Gasteiger partial charge in [-0.25, -0.2) is 0 Å². The molecule has 1 atom stereocenters. The fourth-order valence-corrected chi connectivity index (χ4v) is 3.51. The molecule has 24 heavy (non-hydrogen) atoms. The summed E-state index contributed by atoms with van der Waals surface area (Å²) >= 11 is 7.75. The molecule has 2 rings (SSSR count). The van der Waals surface area contributed by atoms with Crippen LogP contribution in [0, 0.1) is 0 Å². The van der Waals surface area contributed by atoms with E-state index in [1.54, 1.807) is 11.8 Å². The zero-order valence-corrected chi connectivity index (χ0v) is 15.6. The molecule has 0 bridgehead atoms. The summed E-state index contributed by atoms with van der Waals surface area (Å²) in [4.78, 5) is 14.0. The zero-order chi connectivity index (χ0) is 17.2. The molecule has 1 aromatic rings. The number of amides is 1. The number of ether oxygens (including phenoxy) is 1. The van der Waals surface area contributed by atoms with Crippen LogP contribution in [-0.4, -0.2) is 42.5 Å². The van der Waals surface area contributed by atoms with Crippen molar-refractivity contribution in [3.63, 3.8) is 0 Å². The van der Waals surface area contributed by atoms with E-state index in [-0.39, 0.29) is 17.9 Å². The second-order valence-corrected chi connectivity index (χ2v) is 7.23. The van der Waals surface area contributed by atoms with Gasteiger partial charge in [0, 0.05) is 30.9 Å². The van der Waals surface area contributed by atoms with Gasteiger partial charge in [0.15, 0.2) is 0 Å². The minimum Gasteiger partial charge on any atom is -0.372 e. The van der Waals surface area contributed by atoms with E-state index in [2.05, 4.69) is 34.8 Å². The molecule has 1 aliphatic heterocycles. The van der Waals surface area contributed by atoms with Gasteiger partial charge < -0.3 is 15.0 Å². The van der Waals surface area contributed by atoms with E-state index < -0.39 is 0 Å². The van der Waals surface area contributed by atoms with Gasteiger partial charge in [-0.3, -0.25) is 4.79 Å². The topological polar surface area (TPSA) is 41.6 Å². The molecule has 0 saturated carbocycles. The molecule has 1 aromatic carbocycles. The van der Waals surface area contributed by atoms with Crippen molar-refractivity contribution in [2.75, 3.05) is 26.3 Å². The zero-order valence-electron chi connectivity index (χ0n) is 14.0. The smallest absolute Gasteiger partial charge is 0.246 e. The van der Waals surface area contributed by atoms with Crippen LogP contribution in [0.3, 0.4) is 0 Å². The first-order chi connectivity index (χ1) is 11.7. The molecular formula is C18H25ClN2O2S. The quantitative estimate of drug-likeness (QED) is 0.640. The number of nitrogens with one attached hydrogen (secondary N) is 1. The summed E-state index contributed by atoms with van der Waals surface area (Å²) in [6.07, 6.45) is 5.08. The molecule has 0 aliphatic carbocycles. The lowest BCUT2D eigenvalue weighted by molar-refractivity contribution is -0.125. The van der Waals surface area contributed by atoms with Gasteiger partial charge in [-0.15, -0.1) is 11.8 Å². The monoisotopic (exact) mass is 368 g/mol. The van der Waals surface area contributed by atoms with E-state index in [0.717, 1.165) is 30.8 Å². The summed E-state index contributed by atoms with van der Waals surface area (Å²) in [5, 5.41) is 6.04. The fraction of sp³-hybridized carbons (Fsp3) is 0.500. The highest BCUT2D eigenvalue weighted by Gasteiger charge is 2.20. The Balaban J connectivity index is 1.68. The van der Waals surface area contributed by atoms with Crippen LogP contribution in [0.15, 0.2) is 35.9 Å². The van der Waals surface area contributed by atoms with Crippen molar-refractivity contribution in [3.05, 3.63) is 46.5 Å². The van der Waals surface area contributed by atoms with Crippen molar-refractivity contribution in [2.24, 2.45) is 0 Å². The predicted molar refractivity (Wildman–Crippen MR) is 101 cm³/mol. The second-order valence-electron chi connectivity index (χ2n) is 5.70. The van der Waals surface area contributed by atoms with Gasteiger partial charge in [0.1, 0.15) is 6.61 Å². The number of nitrogens with zero attached hydrogens (tertiary/aromatic N) is 1. The van der Waals surface area contributed by atoms with Gasteiger partial charge in [0.25, 0.3) is 0 Å². The number of rotatable bonds is 10. The van der Waals surface area contributed by atoms with Crippen LogP contribution < -0.4 is 5.32 Å². The molecule has 1 heterocycles. The molecule has 0 radical (unpaired) electrons. The third-order valence-corrected chi connectivity index (χ3v) is 5.02. The van der Waals surface area contributed by atoms with Gasteiger partial charge in [-0.1, -0.05) is 37.1 Å². The first-order valence-corrected chi connectivity index (χ1v) is 9.68. The Hall–Kier alpha value is -1.17. The largest absolute Gasteiger partial charge is 0.372 e. The minimum atomic E-state index is -0.0478. The third-order valence-electron chi connectivity index (χ3n) is 3.75. The normalized spacial score (nSPS) is 16.6. The molecule has 0 saturated heterocycles. The SMILES string of the molecule is CCCCOCC(=O)NCC1SC=CN1CCc1cccc(Cl)c1. The number of unbranched alkanes of at least 4 members (excludes halogenated alkanes) is 1. The standard InChI is InChI=1S/C18H25ClN2O2S/c1-2-3-10-23-14-17(22)20-13-18-21(9-11-24-18)8-7-15-5-4-6-16(19)12-15/h4-6,9,11-12,18H,2-3,7-8,10,13-14H2,1H3,(H,20,22). The first kappa shape index (κ1) is 19.2. The minimum absolute atomic E-state index is 0.0478. The summed E-state index contributed by atoms with van der Waals surface area (Å²) in [5.74, 6) is -0.0478. The van der Waals surface area contributed by atoms with E-state index in [0.29, 0.717) is 13.2 Å². The van der Waals surface area contributed by atoms with E-state index >= 15 is 0 Å². The summed E-state index contributed by atoms with van der Waals surface area (Å²) < 4.78 is 5.33. The lowest BCUT2D eigenvalue weighted by atomic mass is 10.1. The predicted octanol–water partition coefficient (Wildman–Crippen LogP) is 3.66. The molecule has 6 heteroatoms. The Kier molecular flexibility index (Phi) is 8.50. The molecule has 1 unspecified atom stereocenters. The highest BCUT2D eigenvalue weighted by atomic mass is 35.5. The molecule has 1 N–H and O–H groups in total. The summed E-state index contributed by atoms with van der Waals surface area (Å²) in [7, 11) is 0. The third kappa shape index (κ3) is 6.75. The summed E-state index contributed by atoms with van der Waals surface area (Å²) in [6.45, 7) is 4.41. The number of hydrogen-bond acceptors (Lipinski definition) is 4. The number of carbonyl (C=O) groups excluding carboxylic acids is 1.